The number of nitrogens with zero attached hydrogens (tertiary/aromatic N) is 3. The zero-order valence-corrected chi connectivity index (χ0v) is 15.8. The van der Waals surface area contributed by atoms with Crippen molar-refractivity contribution in [3.8, 4) is 39.8 Å². The van der Waals surface area contributed by atoms with E-state index in [1.54, 1.807) is 6.20 Å². The second-order valence-electron chi connectivity index (χ2n) is 6.91. The van der Waals surface area contributed by atoms with Crippen LogP contribution in [0.4, 0.5) is 0 Å². The molecule has 0 saturated heterocycles. The summed E-state index contributed by atoms with van der Waals surface area (Å²) in [5.74, 6) is 1.56. The van der Waals surface area contributed by atoms with E-state index in [9.17, 15) is 0 Å². The highest BCUT2D eigenvalue weighted by molar-refractivity contribution is 5.83. The van der Waals surface area contributed by atoms with Crippen LogP contribution >= 0.6 is 0 Å². The highest BCUT2D eigenvalue weighted by atomic mass is 16.5. The maximum Gasteiger partial charge on any atom is 0.224 e. The number of aromatic nitrogens is 3. The minimum atomic E-state index is 0.571. The molecule has 3 heterocycles. The molecule has 4 nitrogen and oxygen atoms in total. The Morgan fingerprint density at radius 3 is 2.54 bits per heavy atom. The van der Waals surface area contributed by atoms with Crippen LogP contribution < -0.4 is 4.74 Å². The fourth-order valence-corrected chi connectivity index (χ4v) is 3.77. The third-order valence-electron chi connectivity index (χ3n) is 5.22. The molecule has 0 fully saturated rings. The van der Waals surface area contributed by atoms with E-state index in [4.69, 9.17) is 9.72 Å². The lowest BCUT2D eigenvalue weighted by Gasteiger charge is -2.11. The van der Waals surface area contributed by atoms with E-state index in [0.29, 0.717) is 12.5 Å². The molecule has 0 amide bonds. The zero-order valence-electron chi connectivity index (χ0n) is 15.8. The van der Waals surface area contributed by atoms with Crippen molar-refractivity contribution in [2.45, 2.75) is 19.9 Å². The quantitative estimate of drug-likeness (QED) is 0.497. The number of hydrogen-bond donors (Lipinski definition) is 0. The van der Waals surface area contributed by atoms with Crippen molar-refractivity contribution in [1.29, 1.82) is 0 Å². The third kappa shape index (κ3) is 2.78. The van der Waals surface area contributed by atoms with Gasteiger partial charge in [0, 0.05) is 17.3 Å². The fraction of sp³-hybridized carbons (Fsp3) is 0.167. The lowest BCUT2D eigenvalue weighted by Crippen LogP contribution is -2.07. The summed E-state index contributed by atoms with van der Waals surface area (Å²) in [5.41, 5.74) is 6.68. The van der Waals surface area contributed by atoms with Gasteiger partial charge in [-0.2, -0.15) is 0 Å². The average Bonchev–Trinajstić information content (AvgIpc) is 3.04. The van der Waals surface area contributed by atoms with E-state index >= 15 is 0 Å². The first-order valence-corrected chi connectivity index (χ1v) is 9.68. The molecular weight excluding hydrogens is 346 g/mol. The van der Waals surface area contributed by atoms with Crippen molar-refractivity contribution in [1.82, 2.24) is 14.5 Å². The van der Waals surface area contributed by atoms with Crippen LogP contribution in [0.1, 0.15) is 12.5 Å². The molecule has 0 radical (unpaired) electrons. The summed E-state index contributed by atoms with van der Waals surface area (Å²) in [6, 6.07) is 23.2. The summed E-state index contributed by atoms with van der Waals surface area (Å²) in [5, 5.41) is 0. The molecule has 0 spiro atoms. The lowest BCUT2D eigenvalue weighted by molar-refractivity contribution is 0.296. The van der Waals surface area contributed by atoms with Crippen LogP contribution in [0.2, 0.25) is 0 Å². The SMILES string of the molecule is CCc1ccc(-c2nc3n(c2-c2ccccc2)CCOc2ncccc2-3)cc1. The molecule has 0 aliphatic carbocycles. The second-order valence-corrected chi connectivity index (χ2v) is 6.91. The smallest absolute Gasteiger partial charge is 0.224 e. The van der Waals surface area contributed by atoms with E-state index in [2.05, 4.69) is 65.0 Å². The Bertz CT molecular complexity index is 1110. The number of hydrogen-bond acceptors (Lipinski definition) is 3. The van der Waals surface area contributed by atoms with Crippen LogP contribution in [0.25, 0.3) is 33.9 Å². The predicted molar refractivity (Wildman–Crippen MR) is 111 cm³/mol. The minimum Gasteiger partial charge on any atom is -0.475 e. The second kappa shape index (κ2) is 6.97. The Morgan fingerprint density at radius 1 is 0.929 bits per heavy atom. The van der Waals surface area contributed by atoms with Gasteiger partial charge in [-0.25, -0.2) is 9.97 Å². The molecule has 0 unspecified atom stereocenters. The monoisotopic (exact) mass is 367 g/mol. The number of rotatable bonds is 3. The van der Waals surface area contributed by atoms with E-state index < -0.39 is 0 Å². The average molecular weight is 367 g/mol. The number of ether oxygens (including phenoxy) is 1. The van der Waals surface area contributed by atoms with Gasteiger partial charge in [-0.1, -0.05) is 61.5 Å². The van der Waals surface area contributed by atoms with Crippen molar-refractivity contribution in [3.05, 3.63) is 78.5 Å². The minimum absolute atomic E-state index is 0.571. The number of imidazole rings is 1. The molecule has 0 saturated carbocycles. The number of pyridine rings is 1. The predicted octanol–water partition coefficient (Wildman–Crippen LogP) is 5.23. The molecule has 0 atom stereocenters. The topological polar surface area (TPSA) is 39.9 Å². The molecule has 28 heavy (non-hydrogen) atoms. The summed E-state index contributed by atoms with van der Waals surface area (Å²) in [6.45, 7) is 3.48. The van der Waals surface area contributed by atoms with Gasteiger partial charge in [0.05, 0.1) is 23.5 Å². The van der Waals surface area contributed by atoms with Crippen molar-refractivity contribution < 1.29 is 4.74 Å². The van der Waals surface area contributed by atoms with Crippen LogP contribution in [0.15, 0.2) is 72.9 Å². The normalized spacial score (nSPS) is 12.6. The van der Waals surface area contributed by atoms with Crippen molar-refractivity contribution in [2.75, 3.05) is 6.61 Å². The van der Waals surface area contributed by atoms with Gasteiger partial charge in [0.2, 0.25) is 5.88 Å². The molecule has 4 heteroatoms. The molecule has 1 aliphatic rings. The summed E-state index contributed by atoms with van der Waals surface area (Å²) >= 11 is 0. The van der Waals surface area contributed by atoms with Crippen molar-refractivity contribution in [3.63, 3.8) is 0 Å². The molecule has 2 aromatic carbocycles. The Hall–Kier alpha value is -3.40. The zero-order chi connectivity index (χ0) is 18.9. The summed E-state index contributed by atoms with van der Waals surface area (Å²) in [7, 11) is 0. The van der Waals surface area contributed by atoms with Crippen molar-refractivity contribution >= 4 is 0 Å². The van der Waals surface area contributed by atoms with Gasteiger partial charge in [-0.05, 0) is 24.1 Å². The summed E-state index contributed by atoms with van der Waals surface area (Å²) < 4.78 is 8.15. The molecule has 2 aromatic heterocycles. The van der Waals surface area contributed by atoms with E-state index in [-0.39, 0.29) is 0 Å². The molecule has 4 aromatic rings. The molecular formula is C24H21N3O. The number of benzene rings is 2. The van der Waals surface area contributed by atoms with Gasteiger partial charge < -0.3 is 9.30 Å². The van der Waals surface area contributed by atoms with Crippen LogP contribution in [0, 0.1) is 0 Å². The standard InChI is InChI=1S/C24H21N3O/c1-2-17-10-12-18(13-11-17)21-22(19-7-4-3-5-8-19)27-15-16-28-24-20(23(27)26-21)9-6-14-25-24/h3-14H,2,15-16H2,1H3. The first-order valence-electron chi connectivity index (χ1n) is 9.68. The number of fused-ring (bicyclic) bond motifs is 3. The fourth-order valence-electron chi connectivity index (χ4n) is 3.77. The van der Waals surface area contributed by atoms with Gasteiger partial charge in [-0.3, -0.25) is 0 Å². The first-order chi connectivity index (χ1) is 13.8. The van der Waals surface area contributed by atoms with Crippen LogP contribution in [-0.2, 0) is 13.0 Å². The summed E-state index contributed by atoms with van der Waals surface area (Å²) in [4.78, 5) is 9.51. The lowest BCUT2D eigenvalue weighted by atomic mass is 10.0. The molecule has 0 bridgehead atoms. The highest BCUT2D eigenvalue weighted by Crippen LogP contribution is 2.39. The molecule has 0 N–H and O–H groups in total. The van der Waals surface area contributed by atoms with Gasteiger partial charge in [0.15, 0.2) is 0 Å². The first kappa shape index (κ1) is 16.8. The van der Waals surface area contributed by atoms with Gasteiger partial charge in [0.25, 0.3) is 0 Å². The van der Waals surface area contributed by atoms with Crippen LogP contribution in [0.3, 0.4) is 0 Å². The van der Waals surface area contributed by atoms with Crippen LogP contribution in [-0.4, -0.2) is 21.1 Å². The molecule has 5 rings (SSSR count). The molecule has 138 valence electrons. The Kier molecular flexibility index (Phi) is 4.17. The third-order valence-corrected chi connectivity index (χ3v) is 5.22. The van der Waals surface area contributed by atoms with Gasteiger partial charge in [0.1, 0.15) is 12.4 Å². The Labute approximate surface area is 164 Å². The number of aryl methyl sites for hydroxylation is 1. The van der Waals surface area contributed by atoms with Gasteiger partial charge in [-0.15, -0.1) is 0 Å². The van der Waals surface area contributed by atoms with Crippen molar-refractivity contribution in [2.24, 2.45) is 0 Å². The van der Waals surface area contributed by atoms with Gasteiger partial charge >= 0.3 is 0 Å². The Morgan fingerprint density at radius 2 is 1.75 bits per heavy atom. The largest absolute Gasteiger partial charge is 0.475 e. The summed E-state index contributed by atoms with van der Waals surface area (Å²) in [6.07, 6.45) is 2.79. The molecule has 1 aliphatic heterocycles. The van der Waals surface area contributed by atoms with E-state index in [0.717, 1.165) is 46.9 Å². The maximum atomic E-state index is 5.88. The van der Waals surface area contributed by atoms with E-state index in [1.165, 1.54) is 5.56 Å². The maximum absolute atomic E-state index is 5.88. The van der Waals surface area contributed by atoms with Crippen LogP contribution in [0.5, 0.6) is 5.88 Å². The van der Waals surface area contributed by atoms with E-state index in [1.807, 2.05) is 18.2 Å². The highest BCUT2D eigenvalue weighted by Gasteiger charge is 2.25. The Balaban J connectivity index is 1.78.